The first-order valence-electron chi connectivity index (χ1n) is 6.56. The van der Waals surface area contributed by atoms with Crippen LogP contribution in [0.5, 0.6) is 0 Å². The van der Waals surface area contributed by atoms with E-state index in [9.17, 15) is 9.90 Å². The zero-order chi connectivity index (χ0) is 14.9. The number of anilines is 2. The molecular formula is C14H20N4O2. The molecule has 6 heteroatoms. The highest BCUT2D eigenvalue weighted by Gasteiger charge is 2.19. The molecule has 4 N–H and O–H groups in total. The van der Waals surface area contributed by atoms with Gasteiger partial charge in [-0.05, 0) is 32.9 Å². The van der Waals surface area contributed by atoms with Gasteiger partial charge in [0.1, 0.15) is 0 Å². The number of hydrogen-bond donors (Lipinski definition) is 3. The molecule has 0 radical (unpaired) electrons. The van der Waals surface area contributed by atoms with Gasteiger partial charge in [-0.25, -0.2) is 4.98 Å². The number of aliphatic hydroxyl groups is 1. The molecule has 0 aliphatic heterocycles. The standard InChI is InChI=1S/C14H20N4O2/c1-4-18(7-14(2,3)20)12-6-11-9(5-10(12)15)13(19)17-8-16-11/h5-6,8,20H,4,7,15H2,1-3H3,(H,16,17,19). The van der Waals surface area contributed by atoms with Crippen LogP contribution in [0.4, 0.5) is 11.4 Å². The summed E-state index contributed by atoms with van der Waals surface area (Å²) in [6.07, 6.45) is 1.37. The number of benzene rings is 1. The van der Waals surface area contributed by atoms with Crippen LogP contribution in [-0.2, 0) is 0 Å². The summed E-state index contributed by atoms with van der Waals surface area (Å²) in [4.78, 5) is 20.4. The number of fused-ring (bicyclic) bond motifs is 1. The Balaban J connectivity index is 2.53. The largest absolute Gasteiger partial charge is 0.397 e. The molecule has 0 atom stereocenters. The molecule has 2 rings (SSSR count). The van der Waals surface area contributed by atoms with Gasteiger partial charge in [-0.2, -0.15) is 0 Å². The topological polar surface area (TPSA) is 95.2 Å². The van der Waals surface area contributed by atoms with Crippen LogP contribution in [0.1, 0.15) is 20.8 Å². The van der Waals surface area contributed by atoms with Crippen LogP contribution in [0.3, 0.4) is 0 Å². The van der Waals surface area contributed by atoms with E-state index in [2.05, 4.69) is 9.97 Å². The number of nitrogens with one attached hydrogen (secondary N) is 1. The van der Waals surface area contributed by atoms with Crippen LogP contribution >= 0.6 is 0 Å². The maximum absolute atomic E-state index is 11.7. The van der Waals surface area contributed by atoms with E-state index < -0.39 is 5.60 Å². The minimum atomic E-state index is -0.834. The Kier molecular flexibility index (Phi) is 3.67. The van der Waals surface area contributed by atoms with Crippen molar-refractivity contribution in [3.8, 4) is 0 Å². The molecule has 0 amide bonds. The van der Waals surface area contributed by atoms with Crippen molar-refractivity contribution >= 4 is 22.3 Å². The van der Waals surface area contributed by atoms with Crippen molar-refractivity contribution in [3.05, 3.63) is 28.8 Å². The Bertz CT molecular complexity index is 673. The monoisotopic (exact) mass is 276 g/mol. The summed E-state index contributed by atoms with van der Waals surface area (Å²) in [5, 5.41) is 10.4. The molecule has 0 saturated carbocycles. The number of nitrogen functional groups attached to an aromatic ring is 1. The average molecular weight is 276 g/mol. The minimum absolute atomic E-state index is 0.209. The molecule has 0 spiro atoms. The fourth-order valence-corrected chi connectivity index (χ4v) is 2.23. The second kappa shape index (κ2) is 5.13. The van der Waals surface area contributed by atoms with Crippen molar-refractivity contribution in [2.75, 3.05) is 23.7 Å². The summed E-state index contributed by atoms with van der Waals surface area (Å²) in [5.74, 6) is 0. The van der Waals surface area contributed by atoms with Gasteiger partial charge >= 0.3 is 0 Å². The third-order valence-corrected chi connectivity index (χ3v) is 3.09. The molecule has 0 aliphatic rings. The van der Waals surface area contributed by atoms with Crippen molar-refractivity contribution < 1.29 is 5.11 Å². The number of rotatable bonds is 4. The van der Waals surface area contributed by atoms with Gasteiger partial charge in [-0.3, -0.25) is 4.79 Å². The van der Waals surface area contributed by atoms with Crippen LogP contribution in [0.2, 0.25) is 0 Å². The molecule has 1 aromatic carbocycles. The maximum atomic E-state index is 11.7. The number of hydrogen-bond acceptors (Lipinski definition) is 5. The molecule has 1 heterocycles. The summed E-state index contributed by atoms with van der Waals surface area (Å²) >= 11 is 0. The number of nitrogens with two attached hydrogens (primary N) is 1. The molecule has 20 heavy (non-hydrogen) atoms. The summed E-state index contributed by atoms with van der Waals surface area (Å²) in [5.41, 5.74) is 6.87. The molecule has 0 saturated heterocycles. The van der Waals surface area contributed by atoms with Gasteiger partial charge < -0.3 is 20.7 Å². The SMILES string of the molecule is CCN(CC(C)(C)O)c1cc2nc[nH]c(=O)c2cc1N. The normalized spacial score (nSPS) is 11.8. The lowest BCUT2D eigenvalue weighted by atomic mass is 10.1. The van der Waals surface area contributed by atoms with E-state index in [4.69, 9.17) is 5.73 Å². The lowest BCUT2D eigenvalue weighted by Crippen LogP contribution is -2.39. The van der Waals surface area contributed by atoms with Crippen molar-refractivity contribution in [1.29, 1.82) is 0 Å². The Morgan fingerprint density at radius 2 is 2.15 bits per heavy atom. The lowest BCUT2D eigenvalue weighted by Gasteiger charge is -2.30. The summed E-state index contributed by atoms with van der Waals surface area (Å²) < 4.78 is 0. The number of nitrogens with zero attached hydrogens (tertiary/aromatic N) is 2. The van der Waals surface area contributed by atoms with Crippen LogP contribution in [0.25, 0.3) is 10.9 Å². The van der Waals surface area contributed by atoms with E-state index in [1.807, 2.05) is 11.8 Å². The first kappa shape index (κ1) is 14.3. The van der Waals surface area contributed by atoms with Gasteiger partial charge in [-0.1, -0.05) is 0 Å². The molecule has 108 valence electrons. The Morgan fingerprint density at radius 1 is 1.45 bits per heavy atom. The fraction of sp³-hybridized carbons (Fsp3) is 0.429. The van der Waals surface area contributed by atoms with E-state index >= 15 is 0 Å². The Labute approximate surface area is 117 Å². The molecule has 2 aromatic rings. The molecule has 0 bridgehead atoms. The first-order chi connectivity index (χ1) is 9.31. The predicted octanol–water partition coefficient (Wildman–Crippen LogP) is 1.10. The molecule has 0 unspecified atom stereocenters. The fourth-order valence-electron chi connectivity index (χ4n) is 2.23. The van der Waals surface area contributed by atoms with Gasteiger partial charge in [-0.15, -0.1) is 0 Å². The van der Waals surface area contributed by atoms with Gasteiger partial charge in [0.15, 0.2) is 0 Å². The molecular weight excluding hydrogens is 256 g/mol. The van der Waals surface area contributed by atoms with Gasteiger partial charge in [0.05, 0.1) is 34.2 Å². The molecule has 0 fully saturated rings. The third kappa shape index (κ3) is 2.91. The van der Waals surface area contributed by atoms with Crippen LogP contribution < -0.4 is 16.2 Å². The van der Waals surface area contributed by atoms with E-state index in [1.54, 1.807) is 26.0 Å². The predicted molar refractivity (Wildman–Crippen MR) is 81.0 cm³/mol. The highest BCUT2D eigenvalue weighted by Crippen LogP contribution is 2.27. The quantitative estimate of drug-likeness (QED) is 0.727. The van der Waals surface area contributed by atoms with Crippen molar-refractivity contribution in [1.82, 2.24) is 9.97 Å². The van der Waals surface area contributed by atoms with Gasteiger partial charge in [0, 0.05) is 13.1 Å². The maximum Gasteiger partial charge on any atom is 0.258 e. The summed E-state index contributed by atoms with van der Waals surface area (Å²) in [6.45, 7) is 6.62. The smallest absolute Gasteiger partial charge is 0.258 e. The minimum Gasteiger partial charge on any atom is -0.397 e. The van der Waals surface area contributed by atoms with Crippen LogP contribution in [-0.4, -0.2) is 33.8 Å². The summed E-state index contributed by atoms with van der Waals surface area (Å²) in [6, 6.07) is 3.42. The van der Waals surface area contributed by atoms with Gasteiger partial charge in [0.2, 0.25) is 0 Å². The van der Waals surface area contributed by atoms with Crippen LogP contribution in [0.15, 0.2) is 23.3 Å². The second-order valence-corrected chi connectivity index (χ2v) is 5.49. The average Bonchev–Trinajstić information content (AvgIpc) is 2.35. The Morgan fingerprint density at radius 3 is 2.75 bits per heavy atom. The van der Waals surface area contributed by atoms with E-state index in [0.717, 1.165) is 5.69 Å². The van der Waals surface area contributed by atoms with E-state index in [-0.39, 0.29) is 5.56 Å². The van der Waals surface area contributed by atoms with Crippen molar-refractivity contribution in [2.45, 2.75) is 26.4 Å². The van der Waals surface area contributed by atoms with Crippen molar-refractivity contribution in [3.63, 3.8) is 0 Å². The molecule has 1 aromatic heterocycles. The first-order valence-corrected chi connectivity index (χ1v) is 6.56. The number of H-pyrrole nitrogens is 1. The highest BCUT2D eigenvalue weighted by molar-refractivity contribution is 5.88. The van der Waals surface area contributed by atoms with Crippen LogP contribution in [0, 0.1) is 0 Å². The zero-order valence-corrected chi connectivity index (χ0v) is 12.0. The zero-order valence-electron chi connectivity index (χ0n) is 12.0. The van der Waals surface area contributed by atoms with E-state index in [0.29, 0.717) is 29.7 Å². The second-order valence-electron chi connectivity index (χ2n) is 5.49. The number of aromatic nitrogens is 2. The molecule has 6 nitrogen and oxygen atoms in total. The van der Waals surface area contributed by atoms with E-state index in [1.165, 1.54) is 6.33 Å². The molecule has 0 aliphatic carbocycles. The summed E-state index contributed by atoms with van der Waals surface area (Å²) in [7, 11) is 0. The lowest BCUT2D eigenvalue weighted by molar-refractivity contribution is 0.0876. The van der Waals surface area contributed by atoms with Gasteiger partial charge in [0.25, 0.3) is 5.56 Å². The highest BCUT2D eigenvalue weighted by atomic mass is 16.3. The number of likely N-dealkylation sites (N-methyl/N-ethyl adjacent to an activating group) is 1. The number of aromatic amines is 1. The third-order valence-electron chi connectivity index (χ3n) is 3.09. The Hall–Kier alpha value is -2.08. The van der Waals surface area contributed by atoms with Crippen molar-refractivity contribution in [2.24, 2.45) is 0 Å².